The second kappa shape index (κ2) is 8.17. The van der Waals surface area contributed by atoms with Crippen molar-refractivity contribution in [3.05, 3.63) is 41.9 Å². The van der Waals surface area contributed by atoms with E-state index in [1.54, 1.807) is 13.0 Å². The topological polar surface area (TPSA) is 70.2 Å². The fourth-order valence-electron chi connectivity index (χ4n) is 3.04. The molecule has 6 nitrogen and oxygen atoms in total. The highest BCUT2D eigenvalue weighted by atomic mass is 16.1. The van der Waals surface area contributed by atoms with E-state index in [1.807, 2.05) is 12.1 Å². The SMILES string of the molecule is CCC(C)Nc1cc(C(=O)Nc2ccc(N3CCCC3)cc2)nc(C)n1. The highest BCUT2D eigenvalue weighted by Gasteiger charge is 2.14. The standard InChI is InChI=1S/C20H27N5O/c1-4-14(2)21-19-13-18(22-15(3)23-19)20(26)24-16-7-9-17(10-8-16)25-11-5-6-12-25/h7-10,13-14H,4-6,11-12H2,1-3H3,(H,24,26)(H,21,22,23). The largest absolute Gasteiger partial charge is 0.372 e. The summed E-state index contributed by atoms with van der Waals surface area (Å²) in [6.07, 6.45) is 3.48. The Labute approximate surface area is 155 Å². The fraction of sp³-hybridized carbons (Fsp3) is 0.450. The van der Waals surface area contributed by atoms with Crippen molar-refractivity contribution in [1.82, 2.24) is 9.97 Å². The summed E-state index contributed by atoms with van der Waals surface area (Å²) >= 11 is 0. The summed E-state index contributed by atoms with van der Waals surface area (Å²) in [6, 6.07) is 9.99. The van der Waals surface area contributed by atoms with Gasteiger partial charge < -0.3 is 15.5 Å². The highest BCUT2D eigenvalue weighted by Crippen LogP contribution is 2.22. The lowest BCUT2D eigenvalue weighted by atomic mass is 10.2. The van der Waals surface area contributed by atoms with E-state index in [1.165, 1.54) is 18.5 Å². The van der Waals surface area contributed by atoms with Crippen LogP contribution in [0, 0.1) is 6.92 Å². The third-order valence-corrected chi connectivity index (χ3v) is 4.67. The van der Waals surface area contributed by atoms with Gasteiger partial charge in [-0.3, -0.25) is 4.79 Å². The maximum absolute atomic E-state index is 12.6. The molecule has 1 aromatic heterocycles. The normalized spacial score (nSPS) is 15.0. The maximum atomic E-state index is 12.6. The van der Waals surface area contributed by atoms with Crippen LogP contribution < -0.4 is 15.5 Å². The molecule has 26 heavy (non-hydrogen) atoms. The molecule has 0 spiro atoms. The predicted octanol–water partition coefficient (Wildman–Crippen LogP) is 3.85. The van der Waals surface area contributed by atoms with E-state index in [0.29, 0.717) is 23.4 Å². The smallest absolute Gasteiger partial charge is 0.274 e. The van der Waals surface area contributed by atoms with Gasteiger partial charge in [0, 0.05) is 36.6 Å². The molecular formula is C20H27N5O. The first kappa shape index (κ1) is 18.2. The Kier molecular flexibility index (Phi) is 5.71. The molecule has 6 heteroatoms. The molecule has 0 aliphatic carbocycles. The van der Waals surface area contributed by atoms with Gasteiger partial charge in [0.15, 0.2) is 0 Å². The van der Waals surface area contributed by atoms with Crippen molar-refractivity contribution in [2.24, 2.45) is 0 Å². The van der Waals surface area contributed by atoms with Crippen LogP contribution in [-0.2, 0) is 0 Å². The van der Waals surface area contributed by atoms with Gasteiger partial charge in [-0.05, 0) is 57.4 Å². The minimum absolute atomic E-state index is 0.225. The van der Waals surface area contributed by atoms with E-state index in [9.17, 15) is 4.79 Å². The average molecular weight is 353 g/mol. The molecule has 3 rings (SSSR count). The predicted molar refractivity (Wildman–Crippen MR) is 106 cm³/mol. The van der Waals surface area contributed by atoms with Crippen molar-refractivity contribution in [2.45, 2.75) is 46.1 Å². The van der Waals surface area contributed by atoms with Gasteiger partial charge in [-0.2, -0.15) is 0 Å². The van der Waals surface area contributed by atoms with Gasteiger partial charge in [-0.1, -0.05) is 6.92 Å². The molecule has 2 N–H and O–H groups in total. The minimum Gasteiger partial charge on any atom is -0.372 e. The maximum Gasteiger partial charge on any atom is 0.274 e. The summed E-state index contributed by atoms with van der Waals surface area (Å²) < 4.78 is 0. The number of hydrogen-bond donors (Lipinski definition) is 2. The third kappa shape index (κ3) is 4.50. The van der Waals surface area contributed by atoms with Crippen molar-refractivity contribution < 1.29 is 4.79 Å². The number of carbonyl (C=O) groups excluding carboxylic acids is 1. The van der Waals surface area contributed by atoms with Crippen LogP contribution in [0.2, 0.25) is 0 Å². The second-order valence-electron chi connectivity index (χ2n) is 6.83. The number of aryl methyl sites for hydroxylation is 1. The van der Waals surface area contributed by atoms with E-state index in [-0.39, 0.29) is 5.91 Å². The minimum atomic E-state index is -0.225. The van der Waals surface area contributed by atoms with Gasteiger partial charge in [0.25, 0.3) is 5.91 Å². The van der Waals surface area contributed by atoms with Crippen molar-refractivity contribution in [3.63, 3.8) is 0 Å². The molecule has 1 aliphatic heterocycles. The Hall–Kier alpha value is -2.63. The van der Waals surface area contributed by atoms with Crippen LogP contribution >= 0.6 is 0 Å². The number of aromatic nitrogens is 2. The molecular weight excluding hydrogens is 326 g/mol. The molecule has 1 aromatic carbocycles. The van der Waals surface area contributed by atoms with Gasteiger partial charge in [0.2, 0.25) is 0 Å². The lowest BCUT2D eigenvalue weighted by molar-refractivity contribution is 0.102. The van der Waals surface area contributed by atoms with E-state index >= 15 is 0 Å². The Morgan fingerprint density at radius 1 is 1.19 bits per heavy atom. The fourth-order valence-corrected chi connectivity index (χ4v) is 3.04. The Morgan fingerprint density at radius 2 is 1.88 bits per heavy atom. The second-order valence-corrected chi connectivity index (χ2v) is 6.83. The average Bonchev–Trinajstić information content (AvgIpc) is 3.16. The van der Waals surface area contributed by atoms with Crippen LogP contribution in [0.1, 0.15) is 49.4 Å². The zero-order valence-electron chi connectivity index (χ0n) is 15.7. The Morgan fingerprint density at radius 3 is 2.54 bits per heavy atom. The molecule has 138 valence electrons. The number of anilines is 3. The van der Waals surface area contributed by atoms with Crippen LogP contribution in [0.25, 0.3) is 0 Å². The van der Waals surface area contributed by atoms with Gasteiger partial charge in [0.05, 0.1) is 0 Å². The first-order valence-corrected chi connectivity index (χ1v) is 9.33. The van der Waals surface area contributed by atoms with Crippen LogP contribution in [0.4, 0.5) is 17.2 Å². The first-order chi connectivity index (χ1) is 12.5. The van der Waals surface area contributed by atoms with Gasteiger partial charge in [0.1, 0.15) is 17.3 Å². The van der Waals surface area contributed by atoms with Gasteiger partial charge in [-0.15, -0.1) is 0 Å². The Balaban J connectivity index is 1.69. The number of amides is 1. The van der Waals surface area contributed by atoms with Gasteiger partial charge >= 0.3 is 0 Å². The lowest BCUT2D eigenvalue weighted by Gasteiger charge is -2.18. The molecule has 0 radical (unpaired) electrons. The highest BCUT2D eigenvalue weighted by molar-refractivity contribution is 6.03. The lowest BCUT2D eigenvalue weighted by Crippen LogP contribution is -2.19. The van der Waals surface area contributed by atoms with E-state index in [4.69, 9.17) is 0 Å². The number of nitrogens with one attached hydrogen (secondary N) is 2. The van der Waals surface area contributed by atoms with Gasteiger partial charge in [-0.25, -0.2) is 9.97 Å². The number of rotatable bonds is 6. The summed E-state index contributed by atoms with van der Waals surface area (Å²) in [6.45, 7) is 8.20. The van der Waals surface area contributed by atoms with Crippen LogP contribution in [0.15, 0.2) is 30.3 Å². The third-order valence-electron chi connectivity index (χ3n) is 4.67. The molecule has 2 aromatic rings. The quantitative estimate of drug-likeness (QED) is 0.825. The molecule has 1 saturated heterocycles. The number of nitrogens with zero attached hydrogens (tertiary/aromatic N) is 3. The summed E-state index contributed by atoms with van der Waals surface area (Å²) in [5.41, 5.74) is 2.34. The van der Waals surface area contributed by atoms with Crippen molar-refractivity contribution in [2.75, 3.05) is 28.6 Å². The van der Waals surface area contributed by atoms with Crippen molar-refractivity contribution in [1.29, 1.82) is 0 Å². The molecule has 1 aliphatic rings. The zero-order valence-corrected chi connectivity index (χ0v) is 15.7. The van der Waals surface area contributed by atoms with Crippen LogP contribution in [-0.4, -0.2) is 35.0 Å². The van der Waals surface area contributed by atoms with E-state index in [0.717, 1.165) is 25.2 Å². The first-order valence-electron chi connectivity index (χ1n) is 9.33. The van der Waals surface area contributed by atoms with Crippen molar-refractivity contribution >= 4 is 23.1 Å². The van der Waals surface area contributed by atoms with Crippen LogP contribution in [0.5, 0.6) is 0 Å². The molecule has 2 heterocycles. The summed E-state index contributed by atoms with van der Waals surface area (Å²) in [5.74, 6) is 1.03. The molecule has 1 atom stereocenters. The monoisotopic (exact) mass is 353 g/mol. The summed E-state index contributed by atoms with van der Waals surface area (Å²) in [4.78, 5) is 23.6. The molecule has 1 unspecified atom stereocenters. The van der Waals surface area contributed by atoms with Crippen LogP contribution in [0.3, 0.4) is 0 Å². The number of hydrogen-bond acceptors (Lipinski definition) is 5. The van der Waals surface area contributed by atoms with E-state index in [2.05, 4.69) is 51.5 Å². The molecule has 0 saturated carbocycles. The summed E-state index contributed by atoms with van der Waals surface area (Å²) in [7, 11) is 0. The molecule has 1 fully saturated rings. The number of benzene rings is 1. The molecule has 1 amide bonds. The Bertz CT molecular complexity index is 753. The number of carbonyl (C=O) groups is 1. The van der Waals surface area contributed by atoms with Crippen molar-refractivity contribution in [3.8, 4) is 0 Å². The molecule has 0 bridgehead atoms. The summed E-state index contributed by atoms with van der Waals surface area (Å²) in [5, 5.41) is 6.22. The van der Waals surface area contributed by atoms with E-state index < -0.39 is 0 Å². The zero-order chi connectivity index (χ0) is 18.5.